The molecule has 1 atom stereocenters. The third-order valence-corrected chi connectivity index (χ3v) is 2.25. The Labute approximate surface area is 75.1 Å². The minimum Gasteiger partial charge on any atom is -0.467 e. The van der Waals surface area contributed by atoms with Gasteiger partial charge in [-0.3, -0.25) is 4.79 Å². The number of carbonyl (C=O) groups is 2. The number of esters is 1. The van der Waals surface area contributed by atoms with E-state index in [2.05, 4.69) is 4.74 Å². The van der Waals surface area contributed by atoms with Gasteiger partial charge in [0.25, 0.3) is 0 Å². The van der Waals surface area contributed by atoms with Crippen molar-refractivity contribution >= 4 is 11.8 Å². The lowest BCUT2D eigenvalue weighted by Crippen LogP contribution is -2.16. The number of hydrogen-bond donors (Lipinski definition) is 0. The zero-order chi connectivity index (χ0) is 9.42. The van der Waals surface area contributed by atoms with Gasteiger partial charge in [-0.1, -0.05) is 0 Å². The van der Waals surface area contributed by atoms with Crippen molar-refractivity contribution in [2.75, 3.05) is 7.11 Å². The molecule has 1 aromatic rings. The largest absolute Gasteiger partial charge is 0.467 e. The smallest absolute Gasteiger partial charge is 0.329 e. The number of aromatic nitrogens is 1. The number of methoxy groups -OCH3 is 1. The molecule has 13 heavy (non-hydrogen) atoms. The Kier molecular flexibility index (Phi) is 1.69. The molecule has 2 heterocycles. The van der Waals surface area contributed by atoms with Gasteiger partial charge in [0.2, 0.25) is 0 Å². The second kappa shape index (κ2) is 2.73. The van der Waals surface area contributed by atoms with E-state index in [1.165, 1.54) is 7.11 Å². The summed E-state index contributed by atoms with van der Waals surface area (Å²) in [7, 11) is 1.33. The summed E-state index contributed by atoms with van der Waals surface area (Å²) in [5, 5.41) is 0. The van der Waals surface area contributed by atoms with E-state index in [1.54, 1.807) is 22.9 Å². The average Bonchev–Trinajstić information content (AvgIpc) is 2.68. The summed E-state index contributed by atoms with van der Waals surface area (Å²) in [5.74, 6) is -0.358. The molecule has 1 aliphatic rings. The van der Waals surface area contributed by atoms with Gasteiger partial charge in [0, 0.05) is 12.6 Å². The first-order valence-electron chi connectivity index (χ1n) is 4.02. The SMILES string of the molecule is COC(=O)[C@@H]1CC(=O)c2cccn21. The number of fused-ring (bicyclic) bond motifs is 1. The number of hydrogen-bond acceptors (Lipinski definition) is 3. The normalized spacial score (nSPS) is 20.1. The van der Waals surface area contributed by atoms with E-state index in [0.717, 1.165) is 0 Å². The van der Waals surface area contributed by atoms with Crippen molar-refractivity contribution in [1.29, 1.82) is 0 Å². The summed E-state index contributed by atoms with van der Waals surface area (Å²) in [6.45, 7) is 0. The van der Waals surface area contributed by atoms with Crippen molar-refractivity contribution in [3.8, 4) is 0 Å². The standard InChI is InChI=1S/C9H9NO3/c1-13-9(12)7-5-8(11)6-3-2-4-10(6)7/h2-4,7H,5H2,1H3/t7-/m0/s1. The van der Waals surface area contributed by atoms with Gasteiger partial charge in [0.15, 0.2) is 5.78 Å². The van der Waals surface area contributed by atoms with Crippen molar-refractivity contribution in [2.45, 2.75) is 12.5 Å². The molecule has 0 aliphatic carbocycles. The molecule has 0 amide bonds. The maximum atomic E-state index is 11.3. The summed E-state index contributed by atoms with van der Waals surface area (Å²) >= 11 is 0. The molecule has 0 unspecified atom stereocenters. The van der Waals surface area contributed by atoms with E-state index in [0.29, 0.717) is 5.69 Å². The Bertz CT molecular complexity index is 367. The fourth-order valence-corrected chi connectivity index (χ4v) is 1.61. The van der Waals surface area contributed by atoms with Gasteiger partial charge in [-0.15, -0.1) is 0 Å². The second-order valence-electron chi connectivity index (χ2n) is 2.97. The number of rotatable bonds is 1. The predicted octanol–water partition coefficient (Wildman–Crippen LogP) is 0.789. The highest BCUT2D eigenvalue weighted by Gasteiger charge is 2.33. The van der Waals surface area contributed by atoms with Crippen LogP contribution in [0.4, 0.5) is 0 Å². The zero-order valence-electron chi connectivity index (χ0n) is 7.19. The molecule has 4 heteroatoms. The molecule has 0 fully saturated rings. The topological polar surface area (TPSA) is 48.3 Å². The number of nitrogens with zero attached hydrogens (tertiary/aromatic N) is 1. The summed E-state index contributed by atoms with van der Waals surface area (Å²) in [6, 6.07) is 3.01. The minimum absolute atomic E-state index is 0.000370. The molecular weight excluding hydrogens is 170 g/mol. The molecular formula is C9H9NO3. The Hall–Kier alpha value is -1.58. The molecule has 0 spiro atoms. The number of ether oxygens (including phenoxy) is 1. The van der Waals surface area contributed by atoms with Crippen LogP contribution in [0.3, 0.4) is 0 Å². The fraction of sp³-hybridized carbons (Fsp3) is 0.333. The molecule has 0 aromatic carbocycles. The quantitative estimate of drug-likeness (QED) is 0.599. The fourth-order valence-electron chi connectivity index (χ4n) is 1.61. The van der Waals surface area contributed by atoms with Crippen LogP contribution in [0, 0.1) is 0 Å². The first-order chi connectivity index (χ1) is 6.24. The Morgan fingerprint density at radius 3 is 3.15 bits per heavy atom. The highest BCUT2D eigenvalue weighted by molar-refractivity contribution is 6.00. The van der Waals surface area contributed by atoms with E-state index in [4.69, 9.17) is 0 Å². The summed E-state index contributed by atoms with van der Waals surface area (Å²) in [6.07, 6.45) is 1.95. The highest BCUT2D eigenvalue weighted by Crippen LogP contribution is 2.26. The second-order valence-corrected chi connectivity index (χ2v) is 2.97. The van der Waals surface area contributed by atoms with Crippen molar-refractivity contribution in [1.82, 2.24) is 4.57 Å². The van der Waals surface area contributed by atoms with E-state index >= 15 is 0 Å². The first kappa shape index (κ1) is 8.04. The molecule has 2 rings (SSSR count). The van der Waals surface area contributed by atoms with Crippen LogP contribution < -0.4 is 0 Å². The molecule has 0 radical (unpaired) electrons. The van der Waals surface area contributed by atoms with Gasteiger partial charge in [0.05, 0.1) is 12.8 Å². The monoisotopic (exact) mass is 179 g/mol. The molecule has 0 N–H and O–H groups in total. The van der Waals surface area contributed by atoms with E-state index < -0.39 is 6.04 Å². The Balaban J connectivity index is 2.38. The number of ketones is 1. The lowest BCUT2D eigenvalue weighted by molar-refractivity contribution is -0.144. The minimum atomic E-state index is -0.456. The van der Waals surface area contributed by atoms with Crippen LogP contribution in [-0.2, 0) is 9.53 Å². The average molecular weight is 179 g/mol. The first-order valence-corrected chi connectivity index (χ1v) is 4.02. The van der Waals surface area contributed by atoms with Crippen molar-refractivity contribution in [3.05, 3.63) is 24.0 Å². The van der Waals surface area contributed by atoms with E-state index in [1.807, 2.05) is 0 Å². The molecule has 1 aliphatic heterocycles. The van der Waals surface area contributed by atoms with Crippen molar-refractivity contribution in [3.63, 3.8) is 0 Å². The van der Waals surface area contributed by atoms with Gasteiger partial charge >= 0.3 is 5.97 Å². The van der Waals surface area contributed by atoms with Crippen molar-refractivity contribution in [2.24, 2.45) is 0 Å². The molecule has 1 aromatic heterocycles. The molecule has 68 valence electrons. The Morgan fingerprint density at radius 2 is 2.46 bits per heavy atom. The molecule has 0 saturated carbocycles. The highest BCUT2D eigenvalue weighted by atomic mass is 16.5. The maximum absolute atomic E-state index is 11.3. The van der Waals surface area contributed by atoms with Gasteiger partial charge in [0.1, 0.15) is 6.04 Å². The van der Waals surface area contributed by atoms with Gasteiger partial charge in [-0.2, -0.15) is 0 Å². The maximum Gasteiger partial charge on any atom is 0.329 e. The number of carbonyl (C=O) groups excluding carboxylic acids is 2. The third kappa shape index (κ3) is 1.06. The van der Waals surface area contributed by atoms with Crippen LogP contribution in [-0.4, -0.2) is 23.4 Å². The third-order valence-electron chi connectivity index (χ3n) is 2.25. The van der Waals surface area contributed by atoms with Crippen LogP contribution in [0.1, 0.15) is 23.0 Å². The Morgan fingerprint density at radius 1 is 1.69 bits per heavy atom. The van der Waals surface area contributed by atoms with Crippen LogP contribution >= 0.6 is 0 Å². The molecule has 0 bridgehead atoms. The van der Waals surface area contributed by atoms with Gasteiger partial charge in [-0.05, 0) is 12.1 Å². The van der Waals surface area contributed by atoms with Crippen molar-refractivity contribution < 1.29 is 14.3 Å². The lowest BCUT2D eigenvalue weighted by Gasteiger charge is -2.08. The van der Waals surface area contributed by atoms with Crippen LogP contribution in [0.15, 0.2) is 18.3 Å². The number of Topliss-reactive ketones (excluding diaryl/α,β-unsaturated/α-hetero) is 1. The summed E-state index contributed by atoms with van der Waals surface area (Å²) in [5.41, 5.74) is 0.593. The predicted molar refractivity (Wildman–Crippen MR) is 44.4 cm³/mol. The van der Waals surface area contributed by atoms with E-state index in [-0.39, 0.29) is 18.2 Å². The summed E-state index contributed by atoms with van der Waals surface area (Å²) in [4.78, 5) is 22.6. The molecule has 0 saturated heterocycles. The van der Waals surface area contributed by atoms with Gasteiger partial charge < -0.3 is 9.30 Å². The van der Waals surface area contributed by atoms with Crippen LogP contribution in [0.25, 0.3) is 0 Å². The lowest BCUT2D eigenvalue weighted by atomic mass is 10.2. The summed E-state index contributed by atoms with van der Waals surface area (Å²) < 4.78 is 6.26. The van der Waals surface area contributed by atoms with Crippen LogP contribution in [0.2, 0.25) is 0 Å². The zero-order valence-corrected chi connectivity index (χ0v) is 7.19. The van der Waals surface area contributed by atoms with Gasteiger partial charge in [-0.25, -0.2) is 4.79 Å². The van der Waals surface area contributed by atoms with Crippen LogP contribution in [0.5, 0.6) is 0 Å². The molecule has 4 nitrogen and oxygen atoms in total. The van der Waals surface area contributed by atoms with E-state index in [9.17, 15) is 9.59 Å².